The Balaban J connectivity index is 2.18. The quantitative estimate of drug-likeness (QED) is 0.853. The zero-order valence-corrected chi connectivity index (χ0v) is 12.4. The molecule has 2 atom stereocenters. The van der Waals surface area contributed by atoms with E-state index in [0.29, 0.717) is 6.04 Å². The van der Waals surface area contributed by atoms with Crippen molar-refractivity contribution in [1.82, 2.24) is 9.97 Å². The van der Waals surface area contributed by atoms with Crippen molar-refractivity contribution in [3.63, 3.8) is 0 Å². The predicted molar refractivity (Wildman–Crippen MR) is 80.6 cm³/mol. The highest BCUT2D eigenvalue weighted by molar-refractivity contribution is 5.57. The highest BCUT2D eigenvalue weighted by Gasteiger charge is 2.22. The van der Waals surface area contributed by atoms with Gasteiger partial charge in [-0.2, -0.15) is 0 Å². The summed E-state index contributed by atoms with van der Waals surface area (Å²) in [4.78, 5) is 8.80. The van der Waals surface area contributed by atoms with Gasteiger partial charge in [-0.1, -0.05) is 33.1 Å². The number of aromatic nitrogens is 2. The summed E-state index contributed by atoms with van der Waals surface area (Å²) in [6, 6.07) is 0.559. The lowest BCUT2D eigenvalue weighted by Gasteiger charge is -2.30. The van der Waals surface area contributed by atoms with E-state index in [9.17, 15) is 0 Å². The Bertz CT molecular complexity index is 405. The molecule has 106 valence electrons. The zero-order chi connectivity index (χ0) is 13.7. The smallest absolute Gasteiger partial charge is 0.134 e. The van der Waals surface area contributed by atoms with Crippen molar-refractivity contribution in [1.29, 1.82) is 0 Å². The average molecular weight is 262 g/mol. The van der Waals surface area contributed by atoms with Gasteiger partial charge in [0.05, 0.1) is 0 Å². The number of hydrogen-bond donors (Lipinski definition) is 2. The molecule has 4 nitrogen and oxygen atoms in total. The van der Waals surface area contributed by atoms with Crippen LogP contribution in [-0.4, -0.2) is 23.1 Å². The third-order valence-corrected chi connectivity index (χ3v) is 4.12. The first-order chi connectivity index (χ1) is 9.26. The molecule has 0 saturated heterocycles. The van der Waals surface area contributed by atoms with Gasteiger partial charge in [0.15, 0.2) is 0 Å². The van der Waals surface area contributed by atoms with E-state index >= 15 is 0 Å². The molecule has 0 amide bonds. The van der Waals surface area contributed by atoms with Gasteiger partial charge in [-0.15, -0.1) is 0 Å². The Labute approximate surface area is 116 Å². The molecule has 1 aliphatic carbocycles. The van der Waals surface area contributed by atoms with Gasteiger partial charge >= 0.3 is 0 Å². The monoisotopic (exact) mass is 262 g/mol. The van der Waals surface area contributed by atoms with Crippen LogP contribution in [0.2, 0.25) is 0 Å². The summed E-state index contributed by atoms with van der Waals surface area (Å²) in [6.07, 6.45) is 9.05. The molecule has 0 aliphatic heterocycles. The van der Waals surface area contributed by atoms with Gasteiger partial charge in [0.1, 0.15) is 18.0 Å². The summed E-state index contributed by atoms with van der Waals surface area (Å²) in [5.74, 6) is 2.72. The Morgan fingerprint density at radius 1 is 1.21 bits per heavy atom. The number of rotatable bonds is 5. The van der Waals surface area contributed by atoms with Crippen LogP contribution in [-0.2, 0) is 6.42 Å². The first-order valence-corrected chi connectivity index (χ1v) is 7.54. The Kier molecular flexibility index (Phi) is 5.00. The Hall–Kier alpha value is -1.32. The standard InChI is InChI=1S/C15H26N4/c1-4-7-12-14(16-3)17-10-18-15(12)19-13-9-6-5-8-11(13)2/h10-11,13H,4-9H2,1-3H3,(H2,16,17,18,19). The molecule has 2 N–H and O–H groups in total. The summed E-state index contributed by atoms with van der Waals surface area (Å²) < 4.78 is 0. The van der Waals surface area contributed by atoms with Crippen LogP contribution < -0.4 is 10.6 Å². The number of anilines is 2. The summed E-state index contributed by atoms with van der Waals surface area (Å²) in [7, 11) is 1.93. The molecule has 0 radical (unpaired) electrons. The zero-order valence-electron chi connectivity index (χ0n) is 12.4. The van der Waals surface area contributed by atoms with Gasteiger partial charge in [-0.3, -0.25) is 0 Å². The first kappa shape index (κ1) is 14.1. The second kappa shape index (κ2) is 6.73. The lowest BCUT2D eigenvalue weighted by Crippen LogP contribution is -2.31. The van der Waals surface area contributed by atoms with E-state index in [4.69, 9.17) is 0 Å². The van der Waals surface area contributed by atoms with E-state index in [1.54, 1.807) is 6.33 Å². The average Bonchev–Trinajstić information content (AvgIpc) is 2.43. The molecule has 1 saturated carbocycles. The van der Waals surface area contributed by atoms with Crippen molar-refractivity contribution in [2.24, 2.45) is 5.92 Å². The van der Waals surface area contributed by atoms with E-state index < -0.39 is 0 Å². The van der Waals surface area contributed by atoms with Gasteiger partial charge in [0.25, 0.3) is 0 Å². The number of nitrogens with zero attached hydrogens (tertiary/aromatic N) is 2. The lowest BCUT2D eigenvalue weighted by molar-refractivity contribution is 0.349. The van der Waals surface area contributed by atoms with Crippen LogP contribution in [0.1, 0.15) is 51.5 Å². The fourth-order valence-electron chi connectivity index (χ4n) is 2.95. The molecular weight excluding hydrogens is 236 g/mol. The minimum Gasteiger partial charge on any atom is -0.373 e. The maximum Gasteiger partial charge on any atom is 0.134 e. The molecule has 2 rings (SSSR count). The van der Waals surface area contributed by atoms with E-state index in [2.05, 4.69) is 34.4 Å². The summed E-state index contributed by atoms with van der Waals surface area (Å²) in [5, 5.41) is 6.85. The second-order valence-electron chi connectivity index (χ2n) is 5.56. The van der Waals surface area contributed by atoms with Crippen molar-refractivity contribution in [3.05, 3.63) is 11.9 Å². The molecular formula is C15H26N4. The summed E-state index contributed by atoms with van der Waals surface area (Å²) in [5.41, 5.74) is 1.23. The Morgan fingerprint density at radius 2 is 1.95 bits per heavy atom. The lowest BCUT2D eigenvalue weighted by atomic mass is 9.86. The highest BCUT2D eigenvalue weighted by Crippen LogP contribution is 2.29. The number of hydrogen-bond acceptors (Lipinski definition) is 4. The maximum absolute atomic E-state index is 4.47. The van der Waals surface area contributed by atoms with E-state index in [-0.39, 0.29) is 0 Å². The van der Waals surface area contributed by atoms with Gasteiger partial charge in [-0.25, -0.2) is 9.97 Å². The molecule has 2 unspecified atom stereocenters. The molecule has 1 heterocycles. The predicted octanol–water partition coefficient (Wildman–Crippen LogP) is 3.46. The van der Waals surface area contributed by atoms with Crippen LogP contribution in [0.3, 0.4) is 0 Å². The minimum absolute atomic E-state index is 0.559. The van der Waals surface area contributed by atoms with Crippen molar-refractivity contribution in [2.45, 2.75) is 58.4 Å². The van der Waals surface area contributed by atoms with Crippen molar-refractivity contribution < 1.29 is 0 Å². The molecule has 4 heteroatoms. The third kappa shape index (κ3) is 3.37. The summed E-state index contributed by atoms with van der Waals surface area (Å²) in [6.45, 7) is 4.54. The molecule has 0 aromatic carbocycles. The van der Waals surface area contributed by atoms with Crippen LogP contribution in [0.4, 0.5) is 11.6 Å². The third-order valence-electron chi connectivity index (χ3n) is 4.12. The molecule has 1 fully saturated rings. The topological polar surface area (TPSA) is 49.8 Å². The highest BCUT2D eigenvalue weighted by atomic mass is 15.1. The molecule has 1 aromatic rings. The molecule has 0 spiro atoms. The van der Waals surface area contributed by atoms with Crippen LogP contribution in [0, 0.1) is 5.92 Å². The Morgan fingerprint density at radius 3 is 2.63 bits per heavy atom. The van der Waals surface area contributed by atoms with Crippen LogP contribution in [0.5, 0.6) is 0 Å². The maximum atomic E-state index is 4.47. The molecule has 0 bridgehead atoms. The van der Waals surface area contributed by atoms with Crippen LogP contribution in [0.15, 0.2) is 6.33 Å². The molecule has 1 aromatic heterocycles. The van der Waals surface area contributed by atoms with Crippen molar-refractivity contribution in [2.75, 3.05) is 17.7 Å². The van der Waals surface area contributed by atoms with Gasteiger partial charge in [0, 0.05) is 18.7 Å². The fourth-order valence-corrected chi connectivity index (χ4v) is 2.95. The molecule has 19 heavy (non-hydrogen) atoms. The largest absolute Gasteiger partial charge is 0.373 e. The van der Waals surface area contributed by atoms with E-state index in [1.165, 1.54) is 31.2 Å². The minimum atomic E-state index is 0.559. The summed E-state index contributed by atoms with van der Waals surface area (Å²) >= 11 is 0. The normalized spacial score (nSPS) is 23.1. The van der Waals surface area contributed by atoms with Crippen molar-refractivity contribution in [3.8, 4) is 0 Å². The van der Waals surface area contributed by atoms with Crippen molar-refractivity contribution >= 4 is 11.6 Å². The first-order valence-electron chi connectivity index (χ1n) is 7.54. The SMILES string of the molecule is CCCc1c(NC)ncnc1NC1CCCCC1C. The van der Waals surface area contributed by atoms with E-state index in [1.807, 2.05) is 7.05 Å². The van der Waals surface area contributed by atoms with Gasteiger partial charge in [0.2, 0.25) is 0 Å². The number of nitrogens with one attached hydrogen (secondary N) is 2. The van der Waals surface area contributed by atoms with Gasteiger partial charge in [-0.05, 0) is 25.2 Å². The van der Waals surface area contributed by atoms with Gasteiger partial charge < -0.3 is 10.6 Å². The second-order valence-corrected chi connectivity index (χ2v) is 5.56. The van der Waals surface area contributed by atoms with Crippen LogP contribution >= 0.6 is 0 Å². The van der Waals surface area contributed by atoms with E-state index in [0.717, 1.165) is 30.4 Å². The molecule has 1 aliphatic rings. The fraction of sp³-hybridized carbons (Fsp3) is 0.733. The van der Waals surface area contributed by atoms with Crippen LogP contribution in [0.25, 0.3) is 0 Å².